The fourth-order valence-electron chi connectivity index (χ4n) is 3.49. The molecule has 4 aromatic carbocycles. The molecule has 0 aliphatic carbocycles. The van der Waals surface area contributed by atoms with Crippen LogP contribution in [0, 0.1) is 6.92 Å². The molecule has 0 fully saturated rings. The highest BCUT2D eigenvalue weighted by Crippen LogP contribution is 2.33. The standard InChI is InChI=1S/C29H24/c1-23-17-20-27(21-18-23)29(26-15-9-4-10-16-26)28(25-13-7-3-8-14-25)22-19-24-11-5-2-6-12-24/h2-22H,1H3/b22-19+,29-28-. The summed E-state index contributed by atoms with van der Waals surface area (Å²) in [6.07, 6.45) is 4.44. The average Bonchev–Trinajstić information content (AvgIpc) is 2.79. The molecule has 0 amide bonds. The second-order valence-corrected chi connectivity index (χ2v) is 7.13. The van der Waals surface area contributed by atoms with E-state index < -0.39 is 0 Å². The third-order valence-corrected chi connectivity index (χ3v) is 5.00. The van der Waals surface area contributed by atoms with Crippen LogP contribution in [0.2, 0.25) is 0 Å². The molecule has 4 rings (SSSR count). The lowest BCUT2D eigenvalue weighted by atomic mass is 9.88. The van der Waals surface area contributed by atoms with E-state index >= 15 is 0 Å². The Morgan fingerprint density at radius 1 is 0.517 bits per heavy atom. The van der Waals surface area contributed by atoms with E-state index in [1.54, 1.807) is 0 Å². The van der Waals surface area contributed by atoms with E-state index in [0.717, 1.165) is 0 Å². The molecule has 0 saturated heterocycles. The molecule has 0 aliphatic heterocycles. The first kappa shape index (κ1) is 18.7. The summed E-state index contributed by atoms with van der Waals surface area (Å²) in [7, 11) is 0. The summed E-state index contributed by atoms with van der Waals surface area (Å²) < 4.78 is 0. The van der Waals surface area contributed by atoms with Crippen LogP contribution >= 0.6 is 0 Å². The highest BCUT2D eigenvalue weighted by molar-refractivity contribution is 6.03. The third kappa shape index (κ3) is 4.62. The summed E-state index contributed by atoms with van der Waals surface area (Å²) in [6.45, 7) is 2.13. The zero-order chi connectivity index (χ0) is 19.9. The van der Waals surface area contributed by atoms with Crippen molar-refractivity contribution in [2.45, 2.75) is 6.92 Å². The average molecular weight is 373 g/mol. The molecule has 0 bridgehead atoms. The van der Waals surface area contributed by atoms with Crippen LogP contribution < -0.4 is 0 Å². The van der Waals surface area contributed by atoms with Crippen LogP contribution in [0.3, 0.4) is 0 Å². The Labute approximate surface area is 173 Å². The molecular weight excluding hydrogens is 348 g/mol. The fourth-order valence-corrected chi connectivity index (χ4v) is 3.49. The van der Waals surface area contributed by atoms with Gasteiger partial charge in [0.25, 0.3) is 0 Å². The Kier molecular flexibility index (Phi) is 5.83. The summed E-state index contributed by atoms with van der Waals surface area (Å²) in [6, 6.07) is 40.5. The normalized spacial score (nSPS) is 12.0. The molecule has 0 unspecified atom stereocenters. The van der Waals surface area contributed by atoms with Crippen molar-refractivity contribution in [2.24, 2.45) is 0 Å². The summed E-state index contributed by atoms with van der Waals surface area (Å²) in [4.78, 5) is 0. The van der Waals surface area contributed by atoms with E-state index in [4.69, 9.17) is 0 Å². The van der Waals surface area contributed by atoms with Crippen LogP contribution in [0.1, 0.15) is 27.8 Å². The molecule has 0 atom stereocenters. The molecule has 4 aromatic rings. The second kappa shape index (κ2) is 9.03. The van der Waals surface area contributed by atoms with Gasteiger partial charge in [-0.25, -0.2) is 0 Å². The highest BCUT2D eigenvalue weighted by Gasteiger charge is 2.12. The van der Waals surface area contributed by atoms with E-state index in [9.17, 15) is 0 Å². The first-order valence-corrected chi connectivity index (χ1v) is 9.96. The van der Waals surface area contributed by atoms with Gasteiger partial charge >= 0.3 is 0 Å². The van der Waals surface area contributed by atoms with Gasteiger partial charge in [0, 0.05) is 0 Å². The molecule has 0 radical (unpaired) electrons. The molecular formula is C29H24. The summed E-state index contributed by atoms with van der Waals surface area (Å²) in [5.41, 5.74) is 8.55. The van der Waals surface area contributed by atoms with Crippen LogP contribution in [0.5, 0.6) is 0 Å². The van der Waals surface area contributed by atoms with Crippen LogP contribution in [0.4, 0.5) is 0 Å². The van der Waals surface area contributed by atoms with Gasteiger partial charge in [-0.1, -0.05) is 133 Å². The maximum atomic E-state index is 2.24. The SMILES string of the molecule is Cc1ccc(/C(=C(/C=C/c2ccccc2)c2ccccc2)c2ccccc2)cc1. The Hall–Kier alpha value is -3.64. The minimum Gasteiger partial charge on any atom is -0.0622 e. The lowest BCUT2D eigenvalue weighted by Gasteiger charge is -2.15. The molecule has 0 saturated carbocycles. The van der Waals surface area contributed by atoms with Crippen molar-refractivity contribution in [3.8, 4) is 0 Å². The number of hydrogen-bond acceptors (Lipinski definition) is 0. The molecule has 0 aliphatic rings. The quantitative estimate of drug-likeness (QED) is 0.249. The van der Waals surface area contributed by atoms with Crippen molar-refractivity contribution in [1.29, 1.82) is 0 Å². The van der Waals surface area contributed by atoms with Gasteiger partial charge in [0.1, 0.15) is 0 Å². The van der Waals surface area contributed by atoms with E-state index in [2.05, 4.69) is 128 Å². The molecule has 0 aromatic heterocycles. The van der Waals surface area contributed by atoms with Gasteiger partial charge in [0.05, 0.1) is 0 Å². The Morgan fingerprint density at radius 3 is 1.59 bits per heavy atom. The van der Waals surface area contributed by atoms with Crippen molar-refractivity contribution >= 4 is 17.2 Å². The molecule has 29 heavy (non-hydrogen) atoms. The third-order valence-electron chi connectivity index (χ3n) is 5.00. The van der Waals surface area contributed by atoms with E-state index in [1.807, 2.05) is 6.07 Å². The predicted molar refractivity (Wildman–Crippen MR) is 125 cm³/mol. The minimum absolute atomic E-state index is 1.19. The number of aryl methyl sites for hydroxylation is 1. The van der Waals surface area contributed by atoms with Gasteiger partial charge in [-0.15, -0.1) is 0 Å². The van der Waals surface area contributed by atoms with E-state index in [-0.39, 0.29) is 0 Å². The first-order chi connectivity index (χ1) is 14.3. The Bertz CT molecular complexity index is 1100. The molecule has 0 nitrogen and oxygen atoms in total. The van der Waals surface area contributed by atoms with Crippen LogP contribution in [0.25, 0.3) is 17.2 Å². The van der Waals surface area contributed by atoms with Gasteiger partial charge in [-0.3, -0.25) is 0 Å². The zero-order valence-corrected chi connectivity index (χ0v) is 16.6. The van der Waals surface area contributed by atoms with Gasteiger partial charge in [-0.2, -0.15) is 0 Å². The topological polar surface area (TPSA) is 0 Å². The van der Waals surface area contributed by atoms with Crippen molar-refractivity contribution in [2.75, 3.05) is 0 Å². The zero-order valence-electron chi connectivity index (χ0n) is 16.6. The van der Waals surface area contributed by atoms with Crippen molar-refractivity contribution in [3.05, 3.63) is 149 Å². The Morgan fingerprint density at radius 2 is 1.00 bits per heavy atom. The molecule has 0 heteroatoms. The maximum absolute atomic E-state index is 2.24. The number of allylic oxidation sites excluding steroid dienone is 2. The molecule has 0 spiro atoms. The molecule has 0 heterocycles. The van der Waals surface area contributed by atoms with Crippen molar-refractivity contribution in [3.63, 3.8) is 0 Å². The summed E-state index contributed by atoms with van der Waals surface area (Å²) in [5, 5.41) is 0. The van der Waals surface area contributed by atoms with Gasteiger partial charge in [-0.05, 0) is 40.3 Å². The van der Waals surface area contributed by atoms with Crippen molar-refractivity contribution in [1.82, 2.24) is 0 Å². The highest BCUT2D eigenvalue weighted by atomic mass is 14.2. The maximum Gasteiger partial charge on any atom is -0.00328 e. The first-order valence-electron chi connectivity index (χ1n) is 9.96. The summed E-state index contributed by atoms with van der Waals surface area (Å²) >= 11 is 0. The van der Waals surface area contributed by atoms with E-state index in [0.29, 0.717) is 0 Å². The van der Waals surface area contributed by atoms with Crippen LogP contribution in [-0.2, 0) is 0 Å². The number of rotatable bonds is 5. The lowest BCUT2D eigenvalue weighted by molar-refractivity contribution is 1.44. The predicted octanol–water partition coefficient (Wildman–Crippen LogP) is 7.67. The number of hydrogen-bond donors (Lipinski definition) is 0. The smallest absolute Gasteiger partial charge is 0.00328 e. The number of benzene rings is 4. The summed E-state index contributed by atoms with van der Waals surface area (Å²) in [5.74, 6) is 0. The van der Waals surface area contributed by atoms with Crippen LogP contribution in [-0.4, -0.2) is 0 Å². The second-order valence-electron chi connectivity index (χ2n) is 7.13. The van der Waals surface area contributed by atoms with Gasteiger partial charge in [0.2, 0.25) is 0 Å². The molecule has 0 N–H and O–H groups in total. The van der Waals surface area contributed by atoms with E-state index in [1.165, 1.54) is 39.0 Å². The molecule has 140 valence electrons. The van der Waals surface area contributed by atoms with Gasteiger partial charge < -0.3 is 0 Å². The Balaban J connectivity index is 1.97. The van der Waals surface area contributed by atoms with Gasteiger partial charge in [0.15, 0.2) is 0 Å². The van der Waals surface area contributed by atoms with Crippen molar-refractivity contribution < 1.29 is 0 Å². The lowest BCUT2D eigenvalue weighted by Crippen LogP contribution is -1.94. The fraction of sp³-hybridized carbons (Fsp3) is 0.0345. The largest absolute Gasteiger partial charge is 0.0622 e. The minimum atomic E-state index is 1.19. The van der Waals surface area contributed by atoms with Crippen LogP contribution in [0.15, 0.2) is 121 Å². The monoisotopic (exact) mass is 372 g/mol.